The number of carbonyl (C=O) groups excluding carboxylic acids is 8. The fraction of sp³-hybridized carbons (Fsp3) is 0.690. The van der Waals surface area contributed by atoms with Gasteiger partial charge in [0.05, 0.1) is 6.04 Å². The normalized spacial score (nSPS) is 17.9. The van der Waals surface area contributed by atoms with Crippen molar-refractivity contribution >= 4 is 53.2 Å². The Morgan fingerprint density at radius 3 is 1.77 bits per heavy atom. The number of hydrogen-bond acceptors (Lipinski definition) is 10. The van der Waals surface area contributed by atoms with E-state index in [4.69, 9.17) is 17.2 Å². The number of carbonyl (C=O) groups is 9. The van der Waals surface area contributed by atoms with E-state index < -0.39 is 101 Å². The summed E-state index contributed by atoms with van der Waals surface area (Å²) in [6.07, 6.45) is 0.0614. The number of amides is 8. The topological polar surface area (TPSA) is 315 Å². The summed E-state index contributed by atoms with van der Waals surface area (Å²) in [7, 11) is 0. The molecule has 0 bridgehead atoms. The Morgan fingerprint density at radius 1 is 0.708 bits per heavy atom. The Labute approximate surface area is 278 Å². The molecule has 0 radical (unpaired) electrons. The van der Waals surface area contributed by atoms with Crippen LogP contribution in [0.25, 0.3) is 0 Å². The Hall–Kier alpha value is -4.81. The van der Waals surface area contributed by atoms with Gasteiger partial charge in [0, 0.05) is 19.4 Å². The number of nitrogens with zero attached hydrogens (tertiary/aromatic N) is 1. The molecule has 0 aliphatic carbocycles. The van der Waals surface area contributed by atoms with Gasteiger partial charge in [-0.2, -0.15) is 0 Å². The molecule has 48 heavy (non-hydrogen) atoms. The van der Waals surface area contributed by atoms with Gasteiger partial charge in [-0.3, -0.25) is 38.4 Å². The quantitative estimate of drug-likeness (QED) is 0.0633. The number of carboxylic acids is 1. The summed E-state index contributed by atoms with van der Waals surface area (Å²) in [4.78, 5) is 112. The highest BCUT2D eigenvalue weighted by atomic mass is 16.4. The number of carboxylic acid groups (broad SMARTS) is 1. The summed E-state index contributed by atoms with van der Waals surface area (Å²) in [5, 5.41) is 21.4. The molecule has 19 heteroatoms. The number of hydrogen-bond donors (Lipinski definition) is 9. The van der Waals surface area contributed by atoms with Crippen LogP contribution in [-0.2, 0) is 43.2 Å². The van der Waals surface area contributed by atoms with Crippen molar-refractivity contribution in [1.82, 2.24) is 31.5 Å². The van der Waals surface area contributed by atoms with Crippen molar-refractivity contribution in [2.75, 3.05) is 6.54 Å². The van der Waals surface area contributed by atoms with Crippen LogP contribution in [0.1, 0.15) is 73.1 Å². The predicted molar refractivity (Wildman–Crippen MR) is 169 cm³/mol. The Kier molecular flexibility index (Phi) is 16.4. The summed E-state index contributed by atoms with van der Waals surface area (Å²) in [6.45, 7) is 7.45. The number of rotatable bonds is 19. The predicted octanol–water partition coefficient (Wildman–Crippen LogP) is -3.94. The van der Waals surface area contributed by atoms with E-state index in [9.17, 15) is 48.3 Å². The highest BCUT2D eigenvalue weighted by Gasteiger charge is 2.38. The van der Waals surface area contributed by atoms with Gasteiger partial charge in [-0.15, -0.1) is 0 Å². The molecule has 1 aliphatic heterocycles. The van der Waals surface area contributed by atoms with Gasteiger partial charge in [-0.1, -0.05) is 13.8 Å². The van der Waals surface area contributed by atoms with Crippen molar-refractivity contribution in [3.63, 3.8) is 0 Å². The molecule has 1 aliphatic rings. The molecule has 8 amide bonds. The molecule has 0 aromatic rings. The van der Waals surface area contributed by atoms with Crippen LogP contribution in [0.3, 0.4) is 0 Å². The molecular weight excluding hydrogens is 634 g/mol. The van der Waals surface area contributed by atoms with Gasteiger partial charge in [-0.25, -0.2) is 4.79 Å². The van der Waals surface area contributed by atoms with Crippen LogP contribution in [0.5, 0.6) is 0 Å². The van der Waals surface area contributed by atoms with Gasteiger partial charge >= 0.3 is 5.97 Å². The third-order valence-corrected chi connectivity index (χ3v) is 7.65. The van der Waals surface area contributed by atoms with Crippen LogP contribution in [0.2, 0.25) is 0 Å². The molecule has 1 rings (SSSR count). The minimum absolute atomic E-state index is 0.0122. The van der Waals surface area contributed by atoms with E-state index in [0.717, 1.165) is 0 Å². The SMILES string of the molecule is CC(C)[C@H](NC(=O)[C@H](C)NC(=O)[C@H](CCC(N)=O)NC(=O)[C@H](C)NC(=O)[C@@H]1CCCN1C(=O)[C@H](C)NC(=O)[C@@H](N)CCC(N)=O)C(=O)O. The molecule has 0 saturated carbocycles. The van der Waals surface area contributed by atoms with E-state index >= 15 is 0 Å². The van der Waals surface area contributed by atoms with E-state index in [-0.39, 0.29) is 38.6 Å². The van der Waals surface area contributed by atoms with Crippen LogP contribution in [0.15, 0.2) is 0 Å². The first-order valence-corrected chi connectivity index (χ1v) is 15.6. The maximum Gasteiger partial charge on any atom is 0.326 e. The van der Waals surface area contributed by atoms with Crippen molar-refractivity contribution in [3.05, 3.63) is 0 Å². The van der Waals surface area contributed by atoms with Crippen molar-refractivity contribution in [3.8, 4) is 0 Å². The van der Waals surface area contributed by atoms with Crippen molar-refractivity contribution in [1.29, 1.82) is 0 Å². The summed E-state index contributed by atoms with van der Waals surface area (Å²) >= 11 is 0. The molecule has 1 heterocycles. The first-order valence-electron chi connectivity index (χ1n) is 15.6. The van der Waals surface area contributed by atoms with Gasteiger partial charge in [0.2, 0.25) is 47.3 Å². The summed E-state index contributed by atoms with van der Waals surface area (Å²) in [6, 6.07) is -8.10. The Morgan fingerprint density at radius 2 is 1.23 bits per heavy atom. The van der Waals surface area contributed by atoms with Crippen molar-refractivity contribution in [2.45, 2.75) is 115 Å². The average molecular weight is 684 g/mol. The summed E-state index contributed by atoms with van der Waals surface area (Å²) in [5.74, 6) is -7.48. The summed E-state index contributed by atoms with van der Waals surface area (Å²) in [5.41, 5.74) is 16.0. The lowest BCUT2D eigenvalue weighted by Gasteiger charge is -2.29. The Bertz CT molecular complexity index is 1240. The van der Waals surface area contributed by atoms with Crippen LogP contribution in [0, 0.1) is 5.92 Å². The van der Waals surface area contributed by atoms with Crippen LogP contribution in [0.4, 0.5) is 0 Å². The highest BCUT2D eigenvalue weighted by molar-refractivity contribution is 5.97. The zero-order valence-corrected chi connectivity index (χ0v) is 27.9. The lowest BCUT2D eigenvalue weighted by Crippen LogP contribution is -2.58. The molecule has 1 fully saturated rings. The number of primary amides is 2. The smallest absolute Gasteiger partial charge is 0.326 e. The maximum absolute atomic E-state index is 13.2. The second-order valence-electron chi connectivity index (χ2n) is 12.1. The monoisotopic (exact) mass is 683 g/mol. The van der Waals surface area contributed by atoms with E-state index in [1.54, 1.807) is 13.8 Å². The molecule has 270 valence electrons. The molecule has 19 nitrogen and oxygen atoms in total. The summed E-state index contributed by atoms with van der Waals surface area (Å²) < 4.78 is 0. The number of nitrogens with two attached hydrogens (primary N) is 3. The standard InChI is InChI=1S/C29H49N9O10/c1-13(2)22(29(47)48)37-24(42)15(4)33-26(44)18(9-11-21(32)40)36-23(41)14(3)34-27(45)19-7-6-12-38(19)28(46)16(5)35-25(43)17(30)8-10-20(31)39/h13-19,22H,6-12,30H2,1-5H3,(H2,31,39)(H2,32,40)(H,33,44)(H,34,45)(H,35,43)(H,36,41)(H,37,42)(H,47,48)/t14-,15-,16-,17-,18-,19-,22-/m0/s1. The van der Waals surface area contributed by atoms with Crippen LogP contribution < -0.4 is 43.8 Å². The number of likely N-dealkylation sites (tertiary alicyclic amines) is 1. The molecular formula is C29H49N9O10. The molecule has 1 saturated heterocycles. The lowest BCUT2D eigenvalue weighted by atomic mass is 10.0. The fourth-order valence-corrected chi connectivity index (χ4v) is 4.76. The zero-order chi connectivity index (χ0) is 36.9. The van der Waals surface area contributed by atoms with Gasteiger partial charge in [0.15, 0.2) is 0 Å². The zero-order valence-electron chi connectivity index (χ0n) is 27.9. The molecule has 12 N–H and O–H groups in total. The van der Waals surface area contributed by atoms with Crippen molar-refractivity contribution in [2.24, 2.45) is 23.1 Å². The molecule has 0 aromatic heterocycles. The lowest BCUT2D eigenvalue weighted by molar-refractivity contribution is -0.143. The van der Waals surface area contributed by atoms with Crippen molar-refractivity contribution < 1.29 is 48.3 Å². The molecule has 0 spiro atoms. The number of nitrogens with one attached hydrogen (secondary N) is 5. The average Bonchev–Trinajstić information content (AvgIpc) is 3.49. The first kappa shape index (κ1) is 41.2. The van der Waals surface area contributed by atoms with E-state index in [0.29, 0.717) is 6.42 Å². The van der Waals surface area contributed by atoms with E-state index in [1.807, 2.05) is 0 Å². The maximum atomic E-state index is 13.2. The second-order valence-corrected chi connectivity index (χ2v) is 12.1. The van der Waals surface area contributed by atoms with Gasteiger partial charge in [-0.05, 0) is 52.4 Å². The minimum atomic E-state index is -1.36. The van der Waals surface area contributed by atoms with Crippen LogP contribution >= 0.6 is 0 Å². The van der Waals surface area contributed by atoms with Gasteiger partial charge in [0.1, 0.15) is 36.3 Å². The molecule has 7 atom stereocenters. The highest BCUT2D eigenvalue weighted by Crippen LogP contribution is 2.19. The number of aliphatic carboxylic acids is 1. The third kappa shape index (κ3) is 13.1. The van der Waals surface area contributed by atoms with Crippen LogP contribution in [-0.4, -0.2) is 112 Å². The molecule has 0 aromatic carbocycles. The third-order valence-electron chi connectivity index (χ3n) is 7.65. The van der Waals surface area contributed by atoms with Gasteiger partial charge in [0.25, 0.3) is 0 Å². The second kappa shape index (κ2) is 19.1. The Balaban J connectivity index is 2.87. The minimum Gasteiger partial charge on any atom is -0.480 e. The largest absolute Gasteiger partial charge is 0.480 e. The van der Waals surface area contributed by atoms with Gasteiger partial charge < -0.3 is 53.8 Å². The molecule has 0 unspecified atom stereocenters. The van der Waals surface area contributed by atoms with E-state index in [1.165, 1.54) is 25.7 Å². The first-order chi connectivity index (χ1) is 22.3. The van der Waals surface area contributed by atoms with E-state index in [2.05, 4.69) is 26.6 Å². The fourth-order valence-electron chi connectivity index (χ4n) is 4.76.